The highest BCUT2D eigenvalue weighted by Crippen LogP contribution is 2.51. The lowest BCUT2D eigenvalue weighted by atomic mass is 9.77. The number of nitrogens with one attached hydrogen (secondary N) is 1. The zero-order valence-electron chi connectivity index (χ0n) is 20.3. The van der Waals surface area contributed by atoms with Crippen LogP contribution in [0.4, 0.5) is 0 Å². The summed E-state index contributed by atoms with van der Waals surface area (Å²) in [4.78, 5) is 44.5. The minimum absolute atomic E-state index is 0.0364. The summed E-state index contributed by atoms with van der Waals surface area (Å²) >= 11 is 1.17. The van der Waals surface area contributed by atoms with Gasteiger partial charge in [0.25, 0.3) is 10.2 Å². The lowest BCUT2D eigenvalue weighted by Crippen LogP contribution is -2.64. The third-order valence-electron chi connectivity index (χ3n) is 6.85. The molecule has 0 aromatic carbocycles. The van der Waals surface area contributed by atoms with Crippen LogP contribution in [0.2, 0.25) is 0 Å². The number of ketones is 1. The highest BCUT2D eigenvalue weighted by Gasteiger charge is 2.58. The van der Waals surface area contributed by atoms with Gasteiger partial charge in [-0.15, -0.1) is 11.3 Å². The quantitative estimate of drug-likeness (QED) is 0.152. The molecule has 0 spiro atoms. The molecular formula is C23H24N6O7S2. The van der Waals surface area contributed by atoms with Crippen LogP contribution in [-0.2, 0) is 26.3 Å². The zero-order valence-corrected chi connectivity index (χ0v) is 21.9. The number of amides is 1. The van der Waals surface area contributed by atoms with Crippen LogP contribution in [0.1, 0.15) is 34.8 Å². The Labute approximate surface area is 221 Å². The van der Waals surface area contributed by atoms with Crippen molar-refractivity contribution in [1.29, 1.82) is 0 Å². The summed E-state index contributed by atoms with van der Waals surface area (Å²) in [6.07, 6.45) is 5.43. The number of rotatable bonds is 9. The molecule has 0 aliphatic carbocycles. The predicted octanol–water partition coefficient (Wildman–Crippen LogP) is -1.97. The van der Waals surface area contributed by atoms with Crippen LogP contribution in [0.3, 0.4) is 0 Å². The molecule has 0 unspecified atom stereocenters. The molecule has 1 fully saturated rings. The summed E-state index contributed by atoms with van der Waals surface area (Å²) in [5.74, 6) is -3.40. The highest BCUT2D eigenvalue weighted by atomic mass is 32.2. The summed E-state index contributed by atoms with van der Waals surface area (Å²) in [6.45, 7) is 3.58. The normalized spacial score (nSPS) is 22.1. The van der Waals surface area contributed by atoms with Gasteiger partial charge in [-0.3, -0.25) is 14.0 Å². The third-order valence-corrected chi connectivity index (χ3v) is 8.60. The summed E-state index contributed by atoms with van der Waals surface area (Å²) in [5.41, 5.74) is 0.673. The minimum atomic E-state index is -3.83. The number of thiazole rings is 1. The van der Waals surface area contributed by atoms with Gasteiger partial charge in [0, 0.05) is 23.8 Å². The number of carbonyl (C=O) groups is 3. The van der Waals surface area contributed by atoms with Gasteiger partial charge in [-0.25, -0.2) is 14.7 Å². The van der Waals surface area contributed by atoms with Crippen molar-refractivity contribution in [2.45, 2.75) is 32.5 Å². The molecule has 3 aromatic heterocycles. The first-order valence-corrected chi connectivity index (χ1v) is 14.0. The smallest absolute Gasteiger partial charge is 0.274 e. The second-order valence-electron chi connectivity index (χ2n) is 9.30. The predicted molar refractivity (Wildman–Crippen MR) is 131 cm³/mol. The number of nitrogens with two attached hydrogens (primary N) is 1. The molecule has 1 amide bonds. The number of hydrogen-bond acceptors (Lipinski definition) is 9. The first kappa shape index (κ1) is 26.1. The first-order valence-electron chi connectivity index (χ1n) is 11.6. The number of carboxylic acid groups (broad SMARTS) is 1. The molecule has 13 nitrogen and oxygen atoms in total. The van der Waals surface area contributed by atoms with Gasteiger partial charge in [0.1, 0.15) is 16.9 Å². The molecule has 1 saturated heterocycles. The monoisotopic (exact) mass is 560 g/mol. The van der Waals surface area contributed by atoms with Crippen LogP contribution in [0.15, 0.2) is 42.7 Å². The molecule has 0 radical (unpaired) electrons. The van der Waals surface area contributed by atoms with Crippen molar-refractivity contribution >= 4 is 49.6 Å². The number of fused-ring (bicyclic) bond motifs is 2. The van der Waals surface area contributed by atoms with Crippen molar-refractivity contribution in [2.24, 2.45) is 17.0 Å². The maximum atomic E-state index is 13.3. The number of nitrogens with zero attached hydrogens (tertiary/aromatic N) is 4. The van der Waals surface area contributed by atoms with E-state index < -0.39 is 40.1 Å². The van der Waals surface area contributed by atoms with Gasteiger partial charge < -0.3 is 19.9 Å². The fourth-order valence-electron chi connectivity index (χ4n) is 5.21. The van der Waals surface area contributed by atoms with Crippen molar-refractivity contribution < 1.29 is 37.6 Å². The molecule has 38 heavy (non-hydrogen) atoms. The van der Waals surface area contributed by atoms with Crippen molar-refractivity contribution in [3.05, 3.63) is 58.9 Å². The molecule has 200 valence electrons. The van der Waals surface area contributed by atoms with Crippen molar-refractivity contribution in [3.8, 4) is 0 Å². The Morgan fingerprint density at radius 3 is 2.79 bits per heavy atom. The van der Waals surface area contributed by atoms with Crippen LogP contribution < -0.4 is 19.5 Å². The van der Waals surface area contributed by atoms with Gasteiger partial charge in [-0.05, 0) is 13.0 Å². The Morgan fingerprint density at radius 1 is 1.39 bits per heavy atom. The summed E-state index contributed by atoms with van der Waals surface area (Å²) < 4.78 is 27.6. The number of pyridine rings is 1. The second-order valence-corrected chi connectivity index (χ2v) is 11.7. The van der Waals surface area contributed by atoms with E-state index in [2.05, 4.69) is 9.71 Å². The topological polar surface area (TPSA) is 191 Å². The van der Waals surface area contributed by atoms with E-state index >= 15 is 0 Å². The zero-order chi connectivity index (χ0) is 27.5. The molecule has 0 bridgehead atoms. The maximum absolute atomic E-state index is 13.3. The molecule has 15 heteroatoms. The van der Waals surface area contributed by atoms with E-state index in [-0.39, 0.29) is 36.2 Å². The Morgan fingerprint density at radius 2 is 2.13 bits per heavy atom. The van der Waals surface area contributed by atoms with E-state index in [4.69, 9.17) is 5.14 Å². The highest BCUT2D eigenvalue weighted by molar-refractivity contribution is 7.87. The number of carboxylic acids is 1. The molecule has 2 aliphatic rings. The molecule has 4 N–H and O–H groups in total. The Bertz CT molecular complexity index is 1620. The number of aliphatic carboxylic acids is 1. The van der Waals surface area contributed by atoms with E-state index in [1.807, 2.05) is 0 Å². The van der Waals surface area contributed by atoms with Gasteiger partial charge in [0.15, 0.2) is 18.9 Å². The minimum Gasteiger partial charge on any atom is -0.543 e. The van der Waals surface area contributed by atoms with Gasteiger partial charge in [-0.2, -0.15) is 13.1 Å². The Kier molecular flexibility index (Phi) is 6.43. The van der Waals surface area contributed by atoms with E-state index in [9.17, 15) is 33.0 Å². The SMILES string of the molecule is C[C@@H](O)[C@H]1C(=O)N2C(C(=O)[O-])=C(c3cn4cnc(C(=O)c5ccc[n+](CCNS(N)(=O)=O)c5)c4s3)[C@H](C)[C@H]12. The summed E-state index contributed by atoms with van der Waals surface area (Å²) in [6, 6.07) is 2.76. The first-order chi connectivity index (χ1) is 17.9. The standard InChI is InChI=1S/C23H24N6O7S2/c1-11-15(19(23(33)34)29-18(11)16(12(2)30)21(29)32)14-9-28-10-25-17(22(28)37-14)20(31)13-4-3-6-27(8-13)7-5-26-38(24,35)36/h3-4,6,8-12,16,18,26,30H,5,7H2,1-2H3,(H2-,24,33,34,35,36)/t11-,12+,16+,18+/m0/s1. The number of hydrogen-bond donors (Lipinski definition) is 3. The fraction of sp³-hybridized carbons (Fsp3) is 0.348. The Hall–Kier alpha value is -3.50. The third kappa shape index (κ3) is 4.31. The molecule has 3 aromatic rings. The number of imidazole rings is 1. The lowest BCUT2D eigenvalue weighted by Gasteiger charge is -2.47. The molecule has 4 atom stereocenters. The Balaban J connectivity index is 1.46. The van der Waals surface area contributed by atoms with Gasteiger partial charge >= 0.3 is 0 Å². The summed E-state index contributed by atoms with van der Waals surface area (Å²) in [5, 5.41) is 27.1. The molecule has 0 saturated carbocycles. The number of aliphatic hydroxyl groups is 1. The van der Waals surface area contributed by atoms with E-state index in [1.165, 1.54) is 29.5 Å². The number of carbonyl (C=O) groups excluding carboxylic acids is 3. The molecule has 5 rings (SSSR count). The van der Waals surface area contributed by atoms with Crippen molar-refractivity contribution in [3.63, 3.8) is 0 Å². The van der Waals surface area contributed by atoms with E-state index in [0.29, 0.717) is 20.8 Å². The van der Waals surface area contributed by atoms with Crippen LogP contribution >= 0.6 is 11.3 Å². The van der Waals surface area contributed by atoms with Crippen molar-refractivity contribution in [1.82, 2.24) is 19.0 Å². The van der Waals surface area contributed by atoms with Crippen LogP contribution in [0, 0.1) is 11.8 Å². The number of aromatic nitrogens is 3. The molecular weight excluding hydrogens is 536 g/mol. The fourth-order valence-corrected chi connectivity index (χ4v) is 6.80. The largest absolute Gasteiger partial charge is 0.543 e. The van der Waals surface area contributed by atoms with Gasteiger partial charge in [0.05, 0.1) is 46.7 Å². The van der Waals surface area contributed by atoms with Crippen LogP contribution in [-0.4, -0.2) is 64.2 Å². The number of aliphatic hydroxyl groups excluding tert-OH is 1. The van der Waals surface area contributed by atoms with E-state index in [1.54, 1.807) is 46.6 Å². The van der Waals surface area contributed by atoms with Gasteiger partial charge in [0.2, 0.25) is 11.7 Å². The molecule has 2 aliphatic heterocycles. The van der Waals surface area contributed by atoms with Crippen LogP contribution in [0.5, 0.6) is 0 Å². The second kappa shape index (κ2) is 9.36. The lowest BCUT2D eigenvalue weighted by molar-refractivity contribution is -0.694. The molecule has 5 heterocycles. The average Bonchev–Trinajstić information content (AvgIpc) is 3.47. The maximum Gasteiger partial charge on any atom is 0.274 e. The van der Waals surface area contributed by atoms with E-state index in [0.717, 1.165) is 0 Å². The van der Waals surface area contributed by atoms with Crippen molar-refractivity contribution in [2.75, 3.05) is 6.54 Å². The van der Waals surface area contributed by atoms with Crippen LogP contribution in [0.25, 0.3) is 10.4 Å². The van der Waals surface area contributed by atoms with Gasteiger partial charge in [-0.1, -0.05) is 6.92 Å². The average molecular weight is 561 g/mol. The summed E-state index contributed by atoms with van der Waals surface area (Å²) in [7, 11) is -3.83. The number of β-lactam (4-membered cyclic amide) rings is 1.